The number of fused-ring (bicyclic) bond motifs is 1. The summed E-state index contributed by atoms with van der Waals surface area (Å²) in [5.74, 6) is 0.661. The maximum absolute atomic E-state index is 11.9. The first-order valence-corrected chi connectivity index (χ1v) is 7.82. The van der Waals surface area contributed by atoms with Crippen molar-refractivity contribution in [3.8, 4) is 0 Å². The summed E-state index contributed by atoms with van der Waals surface area (Å²) in [6, 6.07) is 8.59. The van der Waals surface area contributed by atoms with Gasteiger partial charge in [0.1, 0.15) is 0 Å². The van der Waals surface area contributed by atoms with Gasteiger partial charge in [0.15, 0.2) is 0 Å². The molecule has 4 nitrogen and oxygen atoms in total. The van der Waals surface area contributed by atoms with Gasteiger partial charge >= 0.3 is 0 Å². The van der Waals surface area contributed by atoms with E-state index in [0.717, 1.165) is 32.4 Å². The van der Waals surface area contributed by atoms with E-state index < -0.39 is 0 Å². The molecule has 1 atom stereocenters. The fourth-order valence-corrected chi connectivity index (χ4v) is 2.87. The van der Waals surface area contributed by atoms with Gasteiger partial charge in [-0.3, -0.25) is 4.79 Å². The summed E-state index contributed by atoms with van der Waals surface area (Å²) in [4.78, 5) is 11.9. The van der Waals surface area contributed by atoms with Crippen molar-refractivity contribution in [2.45, 2.75) is 25.7 Å². The minimum absolute atomic E-state index is 0. The Morgan fingerprint density at radius 1 is 1.23 bits per heavy atom. The molecular formula is C17H27ClN2O2. The van der Waals surface area contributed by atoms with Crippen LogP contribution in [-0.4, -0.2) is 39.3 Å². The predicted molar refractivity (Wildman–Crippen MR) is 91.6 cm³/mol. The number of halogens is 1. The van der Waals surface area contributed by atoms with Crippen LogP contribution in [0.2, 0.25) is 0 Å². The normalized spacial score (nSPS) is 16.5. The van der Waals surface area contributed by atoms with E-state index in [9.17, 15) is 4.79 Å². The van der Waals surface area contributed by atoms with Gasteiger partial charge in [-0.25, -0.2) is 0 Å². The number of aryl methyl sites for hydroxylation is 1. The molecule has 0 saturated heterocycles. The molecule has 0 aromatic heterocycles. The highest BCUT2D eigenvalue weighted by Gasteiger charge is 2.20. The van der Waals surface area contributed by atoms with E-state index in [2.05, 4.69) is 34.9 Å². The number of ether oxygens (including phenoxy) is 1. The zero-order valence-corrected chi connectivity index (χ0v) is 14.1. The average Bonchev–Trinajstić information content (AvgIpc) is 2.50. The Balaban J connectivity index is 0.00000242. The number of nitrogens with one attached hydrogen (secondary N) is 2. The van der Waals surface area contributed by atoms with Crippen molar-refractivity contribution in [2.24, 2.45) is 5.92 Å². The zero-order valence-electron chi connectivity index (χ0n) is 13.3. The van der Waals surface area contributed by atoms with Gasteiger partial charge in [-0.2, -0.15) is 0 Å². The van der Waals surface area contributed by atoms with Gasteiger partial charge in [0, 0.05) is 33.2 Å². The first-order valence-electron chi connectivity index (χ1n) is 7.82. The van der Waals surface area contributed by atoms with Crippen molar-refractivity contribution >= 4 is 18.3 Å². The van der Waals surface area contributed by atoms with Crippen molar-refractivity contribution < 1.29 is 9.53 Å². The molecule has 124 valence electrons. The molecule has 2 rings (SSSR count). The van der Waals surface area contributed by atoms with Crippen LogP contribution in [0.3, 0.4) is 0 Å². The number of carbonyl (C=O) groups is 1. The Labute approximate surface area is 139 Å². The maximum Gasteiger partial charge on any atom is 0.220 e. The van der Waals surface area contributed by atoms with Gasteiger partial charge in [-0.05, 0) is 36.3 Å². The first-order chi connectivity index (χ1) is 10.3. The highest BCUT2D eigenvalue weighted by molar-refractivity contribution is 5.85. The molecule has 1 aliphatic rings. The highest BCUT2D eigenvalue weighted by atomic mass is 35.5. The van der Waals surface area contributed by atoms with E-state index in [1.54, 1.807) is 7.11 Å². The molecule has 1 unspecified atom stereocenters. The lowest BCUT2D eigenvalue weighted by Crippen LogP contribution is -2.34. The van der Waals surface area contributed by atoms with Crippen molar-refractivity contribution in [3.05, 3.63) is 35.4 Å². The van der Waals surface area contributed by atoms with Crippen LogP contribution in [0.5, 0.6) is 0 Å². The van der Waals surface area contributed by atoms with Gasteiger partial charge in [-0.1, -0.05) is 24.3 Å². The smallest absolute Gasteiger partial charge is 0.220 e. The molecule has 5 heteroatoms. The molecule has 0 aliphatic heterocycles. The summed E-state index contributed by atoms with van der Waals surface area (Å²) in [5.41, 5.74) is 2.87. The minimum Gasteiger partial charge on any atom is -0.383 e. The lowest BCUT2D eigenvalue weighted by atomic mass is 9.82. The average molecular weight is 327 g/mol. The largest absolute Gasteiger partial charge is 0.383 e. The third-order valence-electron chi connectivity index (χ3n) is 4.03. The summed E-state index contributed by atoms with van der Waals surface area (Å²) < 4.78 is 4.95. The Hall–Kier alpha value is -1.10. The number of hydrogen-bond donors (Lipinski definition) is 2. The van der Waals surface area contributed by atoms with Crippen LogP contribution in [0.1, 0.15) is 24.0 Å². The summed E-state index contributed by atoms with van der Waals surface area (Å²) in [5, 5.41) is 6.21. The molecule has 0 saturated carbocycles. The SMILES string of the molecule is COCCNCCNC(=O)CC1CCc2ccccc2C1.Cl. The molecule has 2 N–H and O–H groups in total. The maximum atomic E-state index is 11.9. The van der Waals surface area contributed by atoms with Crippen molar-refractivity contribution in [3.63, 3.8) is 0 Å². The molecule has 0 bridgehead atoms. The second kappa shape index (κ2) is 10.6. The van der Waals surface area contributed by atoms with Crippen molar-refractivity contribution in [1.82, 2.24) is 10.6 Å². The molecule has 0 heterocycles. The second-order valence-corrected chi connectivity index (χ2v) is 5.67. The Bertz CT molecular complexity index is 454. The van der Waals surface area contributed by atoms with Crippen molar-refractivity contribution in [1.29, 1.82) is 0 Å². The van der Waals surface area contributed by atoms with E-state index in [0.29, 0.717) is 25.5 Å². The molecule has 0 fully saturated rings. The van der Waals surface area contributed by atoms with Crippen LogP contribution in [-0.2, 0) is 22.4 Å². The lowest BCUT2D eigenvalue weighted by molar-refractivity contribution is -0.122. The number of hydrogen-bond acceptors (Lipinski definition) is 3. The third-order valence-corrected chi connectivity index (χ3v) is 4.03. The third kappa shape index (κ3) is 6.34. The van der Waals surface area contributed by atoms with Gasteiger partial charge in [0.05, 0.1) is 6.61 Å². The number of methoxy groups -OCH3 is 1. The summed E-state index contributed by atoms with van der Waals surface area (Å²) in [6.07, 6.45) is 3.91. The molecule has 0 radical (unpaired) electrons. The second-order valence-electron chi connectivity index (χ2n) is 5.67. The molecular weight excluding hydrogens is 300 g/mol. The van der Waals surface area contributed by atoms with Gasteiger partial charge in [0.25, 0.3) is 0 Å². The Morgan fingerprint density at radius 3 is 2.77 bits per heavy atom. The van der Waals surface area contributed by atoms with Crippen LogP contribution in [0.25, 0.3) is 0 Å². The molecule has 22 heavy (non-hydrogen) atoms. The number of benzene rings is 1. The monoisotopic (exact) mass is 326 g/mol. The lowest BCUT2D eigenvalue weighted by Gasteiger charge is -2.24. The van der Waals surface area contributed by atoms with Crippen molar-refractivity contribution in [2.75, 3.05) is 33.4 Å². The predicted octanol–water partition coefficient (Wildman–Crippen LogP) is 1.96. The minimum atomic E-state index is 0. The van der Waals surface area contributed by atoms with E-state index in [1.165, 1.54) is 11.1 Å². The van der Waals surface area contributed by atoms with E-state index in [-0.39, 0.29) is 18.3 Å². The molecule has 1 aromatic carbocycles. The Kier molecular flexibility index (Phi) is 9.13. The van der Waals surface area contributed by atoms with Crippen LogP contribution >= 0.6 is 12.4 Å². The van der Waals surface area contributed by atoms with Gasteiger partial charge in [-0.15, -0.1) is 12.4 Å². The first kappa shape index (κ1) is 18.9. The fraction of sp³-hybridized carbons (Fsp3) is 0.588. The van der Waals surface area contributed by atoms with Crippen LogP contribution in [0.15, 0.2) is 24.3 Å². The van der Waals surface area contributed by atoms with E-state index >= 15 is 0 Å². The standard InChI is InChI=1S/C17H26N2O2.ClH/c1-21-11-10-18-8-9-19-17(20)13-14-6-7-15-4-2-3-5-16(15)12-14;/h2-5,14,18H,6-13H2,1H3,(H,19,20);1H. The molecule has 1 aliphatic carbocycles. The van der Waals surface area contributed by atoms with E-state index in [4.69, 9.17) is 4.74 Å². The van der Waals surface area contributed by atoms with Crippen LogP contribution in [0, 0.1) is 5.92 Å². The number of carbonyl (C=O) groups excluding carboxylic acids is 1. The quantitative estimate of drug-likeness (QED) is 0.718. The summed E-state index contributed by atoms with van der Waals surface area (Å²) in [7, 11) is 1.69. The summed E-state index contributed by atoms with van der Waals surface area (Å²) in [6.45, 7) is 3.01. The van der Waals surface area contributed by atoms with E-state index in [1.807, 2.05) is 0 Å². The molecule has 0 spiro atoms. The summed E-state index contributed by atoms with van der Waals surface area (Å²) >= 11 is 0. The molecule has 1 aromatic rings. The van der Waals surface area contributed by atoms with Crippen LogP contribution < -0.4 is 10.6 Å². The zero-order chi connectivity index (χ0) is 14.9. The number of amides is 1. The van der Waals surface area contributed by atoms with Gasteiger partial charge in [0.2, 0.25) is 5.91 Å². The fourth-order valence-electron chi connectivity index (χ4n) is 2.87. The topological polar surface area (TPSA) is 50.4 Å². The highest BCUT2D eigenvalue weighted by Crippen LogP contribution is 2.27. The Morgan fingerprint density at radius 2 is 2.00 bits per heavy atom. The van der Waals surface area contributed by atoms with Crippen LogP contribution in [0.4, 0.5) is 0 Å². The van der Waals surface area contributed by atoms with Gasteiger partial charge < -0.3 is 15.4 Å². The molecule has 1 amide bonds. The number of rotatable bonds is 8.